The van der Waals surface area contributed by atoms with E-state index in [1.54, 1.807) is 6.07 Å². The zero-order valence-electron chi connectivity index (χ0n) is 10.2. The Morgan fingerprint density at radius 1 is 1.39 bits per heavy atom. The van der Waals surface area contributed by atoms with E-state index >= 15 is 0 Å². The van der Waals surface area contributed by atoms with Gasteiger partial charge >= 0.3 is 0 Å². The fourth-order valence-corrected chi connectivity index (χ4v) is 2.66. The minimum absolute atomic E-state index is 0.0630. The number of hydrogen-bond acceptors (Lipinski definition) is 2. The molecule has 3 rings (SSSR count). The summed E-state index contributed by atoms with van der Waals surface area (Å²) in [6.45, 7) is 1.68. The second kappa shape index (κ2) is 4.28. The Bertz CT molecular complexity index is 614. The van der Waals surface area contributed by atoms with Crippen molar-refractivity contribution in [3.8, 4) is 0 Å². The number of nitrogens with zero attached hydrogens (tertiary/aromatic N) is 3. The van der Waals surface area contributed by atoms with Gasteiger partial charge in [0.15, 0.2) is 0 Å². The average molecular weight is 264 g/mol. The van der Waals surface area contributed by atoms with Crippen molar-refractivity contribution in [2.24, 2.45) is 7.05 Å². The van der Waals surface area contributed by atoms with E-state index in [-0.39, 0.29) is 5.91 Å². The van der Waals surface area contributed by atoms with E-state index in [1.807, 2.05) is 28.8 Å². The number of fused-ring (bicyclic) bond motifs is 1. The topological polar surface area (TPSA) is 38.1 Å². The molecule has 0 aliphatic carbocycles. The van der Waals surface area contributed by atoms with Gasteiger partial charge in [-0.1, -0.05) is 11.6 Å². The van der Waals surface area contributed by atoms with Gasteiger partial charge in [-0.25, -0.2) is 4.98 Å². The number of carbonyl (C=O) groups is 1. The number of carbonyl (C=O) groups excluding carboxylic acids is 1. The lowest BCUT2D eigenvalue weighted by molar-refractivity contribution is 0.0794. The molecule has 94 valence electrons. The normalized spacial score (nSPS) is 15.6. The van der Waals surface area contributed by atoms with E-state index < -0.39 is 0 Å². The first-order valence-corrected chi connectivity index (χ1v) is 6.45. The molecule has 0 N–H and O–H groups in total. The SMILES string of the molecule is Cn1ccc2c(C(=O)N3CCCC3)cc(Cl)nc21. The molecule has 0 atom stereocenters. The maximum absolute atomic E-state index is 12.5. The maximum atomic E-state index is 12.5. The summed E-state index contributed by atoms with van der Waals surface area (Å²) in [5.74, 6) is 0.0630. The van der Waals surface area contributed by atoms with Crippen LogP contribution in [-0.4, -0.2) is 33.4 Å². The summed E-state index contributed by atoms with van der Waals surface area (Å²) in [6, 6.07) is 3.59. The summed E-state index contributed by atoms with van der Waals surface area (Å²) in [4.78, 5) is 18.6. The molecule has 4 nitrogen and oxygen atoms in total. The number of amides is 1. The second-order valence-electron chi connectivity index (χ2n) is 4.66. The van der Waals surface area contributed by atoms with Gasteiger partial charge < -0.3 is 9.47 Å². The predicted molar refractivity (Wildman–Crippen MR) is 70.9 cm³/mol. The quantitative estimate of drug-likeness (QED) is 0.742. The molecule has 0 saturated carbocycles. The van der Waals surface area contributed by atoms with Crippen molar-refractivity contribution in [3.05, 3.63) is 29.0 Å². The van der Waals surface area contributed by atoms with Crippen LogP contribution in [0.4, 0.5) is 0 Å². The monoisotopic (exact) mass is 263 g/mol. The highest BCUT2D eigenvalue weighted by Crippen LogP contribution is 2.24. The molecule has 1 aliphatic rings. The molecule has 5 heteroatoms. The van der Waals surface area contributed by atoms with Crippen LogP contribution in [0.15, 0.2) is 18.3 Å². The molecule has 1 aliphatic heterocycles. The molecule has 0 radical (unpaired) electrons. The zero-order valence-corrected chi connectivity index (χ0v) is 10.9. The van der Waals surface area contributed by atoms with Gasteiger partial charge in [-0.3, -0.25) is 4.79 Å². The summed E-state index contributed by atoms with van der Waals surface area (Å²) < 4.78 is 1.88. The van der Waals surface area contributed by atoms with Crippen LogP contribution in [0.2, 0.25) is 5.15 Å². The lowest BCUT2D eigenvalue weighted by Gasteiger charge is -2.15. The fourth-order valence-electron chi connectivity index (χ4n) is 2.47. The molecule has 2 aromatic heterocycles. The first-order valence-electron chi connectivity index (χ1n) is 6.07. The number of rotatable bonds is 1. The summed E-state index contributed by atoms with van der Waals surface area (Å²) in [6.07, 6.45) is 4.07. The van der Waals surface area contributed by atoms with Gasteiger partial charge in [-0.05, 0) is 25.0 Å². The molecule has 1 amide bonds. The summed E-state index contributed by atoms with van der Waals surface area (Å²) in [7, 11) is 1.90. The summed E-state index contributed by atoms with van der Waals surface area (Å²) in [5.41, 5.74) is 1.41. The Hall–Kier alpha value is -1.55. The first-order chi connectivity index (χ1) is 8.66. The Balaban J connectivity index is 2.12. The van der Waals surface area contributed by atoms with Crippen molar-refractivity contribution in [1.29, 1.82) is 0 Å². The first kappa shape index (κ1) is 11.5. The van der Waals surface area contributed by atoms with Crippen molar-refractivity contribution in [3.63, 3.8) is 0 Å². The van der Waals surface area contributed by atoms with Gasteiger partial charge in [-0.15, -0.1) is 0 Å². The third-order valence-electron chi connectivity index (χ3n) is 3.43. The molecule has 1 saturated heterocycles. The second-order valence-corrected chi connectivity index (χ2v) is 5.04. The smallest absolute Gasteiger partial charge is 0.254 e. The Kier molecular flexibility index (Phi) is 2.74. The molecule has 0 unspecified atom stereocenters. The molecule has 0 spiro atoms. The van der Waals surface area contributed by atoms with Gasteiger partial charge in [0, 0.05) is 31.7 Å². The van der Waals surface area contributed by atoms with Crippen LogP contribution in [0, 0.1) is 0 Å². The van der Waals surface area contributed by atoms with Crippen LogP contribution in [-0.2, 0) is 7.05 Å². The third kappa shape index (κ3) is 1.77. The molecule has 1 fully saturated rings. The highest BCUT2D eigenvalue weighted by Gasteiger charge is 2.22. The van der Waals surface area contributed by atoms with Crippen LogP contribution in [0.5, 0.6) is 0 Å². The number of pyridine rings is 1. The highest BCUT2D eigenvalue weighted by atomic mass is 35.5. The van der Waals surface area contributed by atoms with Crippen molar-refractivity contribution in [2.75, 3.05) is 13.1 Å². The fraction of sp³-hybridized carbons (Fsp3) is 0.385. The van der Waals surface area contributed by atoms with E-state index in [9.17, 15) is 4.79 Å². The zero-order chi connectivity index (χ0) is 12.7. The minimum Gasteiger partial charge on any atom is -0.339 e. The Morgan fingerprint density at radius 3 is 2.83 bits per heavy atom. The molecule has 0 bridgehead atoms. The standard InChI is InChI=1S/C13H14ClN3O/c1-16-7-4-9-10(8-11(14)15-12(9)16)13(18)17-5-2-3-6-17/h4,7-8H,2-3,5-6H2,1H3. The highest BCUT2D eigenvalue weighted by molar-refractivity contribution is 6.30. The van der Waals surface area contributed by atoms with Crippen LogP contribution in [0.3, 0.4) is 0 Å². The van der Waals surface area contributed by atoms with Gasteiger partial charge in [0.25, 0.3) is 5.91 Å². The van der Waals surface area contributed by atoms with E-state index in [4.69, 9.17) is 11.6 Å². The third-order valence-corrected chi connectivity index (χ3v) is 3.62. The molecule has 2 aromatic rings. The van der Waals surface area contributed by atoms with Crippen molar-refractivity contribution in [2.45, 2.75) is 12.8 Å². The lowest BCUT2D eigenvalue weighted by Crippen LogP contribution is -2.27. The van der Waals surface area contributed by atoms with Crippen LogP contribution >= 0.6 is 11.6 Å². The summed E-state index contributed by atoms with van der Waals surface area (Å²) >= 11 is 6.01. The van der Waals surface area contributed by atoms with Crippen molar-refractivity contribution < 1.29 is 4.79 Å². The van der Waals surface area contributed by atoms with Gasteiger partial charge in [0.1, 0.15) is 10.8 Å². The van der Waals surface area contributed by atoms with Crippen LogP contribution in [0.1, 0.15) is 23.2 Å². The van der Waals surface area contributed by atoms with E-state index in [2.05, 4.69) is 4.98 Å². The predicted octanol–water partition coefficient (Wildman–Crippen LogP) is 2.46. The number of likely N-dealkylation sites (tertiary alicyclic amines) is 1. The number of halogens is 1. The molecular weight excluding hydrogens is 250 g/mol. The number of aryl methyl sites for hydroxylation is 1. The molecule has 3 heterocycles. The Labute approximate surface area is 110 Å². The molecular formula is C13H14ClN3O. The Morgan fingerprint density at radius 2 is 2.11 bits per heavy atom. The summed E-state index contributed by atoms with van der Waals surface area (Å²) in [5, 5.41) is 1.24. The lowest BCUT2D eigenvalue weighted by atomic mass is 10.1. The van der Waals surface area contributed by atoms with Crippen LogP contribution in [0.25, 0.3) is 11.0 Å². The van der Waals surface area contributed by atoms with Gasteiger partial charge in [0.2, 0.25) is 0 Å². The average Bonchev–Trinajstić information content (AvgIpc) is 2.98. The van der Waals surface area contributed by atoms with E-state index in [1.165, 1.54) is 0 Å². The van der Waals surface area contributed by atoms with Crippen LogP contribution < -0.4 is 0 Å². The van der Waals surface area contributed by atoms with Gasteiger partial charge in [0.05, 0.1) is 5.56 Å². The van der Waals surface area contributed by atoms with Crippen molar-refractivity contribution in [1.82, 2.24) is 14.5 Å². The number of aromatic nitrogens is 2. The molecule has 18 heavy (non-hydrogen) atoms. The maximum Gasteiger partial charge on any atom is 0.254 e. The molecule has 0 aromatic carbocycles. The minimum atomic E-state index is 0.0630. The number of hydrogen-bond donors (Lipinski definition) is 0. The van der Waals surface area contributed by atoms with E-state index in [0.29, 0.717) is 10.7 Å². The van der Waals surface area contributed by atoms with Crippen molar-refractivity contribution >= 4 is 28.5 Å². The van der Waals surface area contributed by atoms with E-state index in [0.717, 1.165) is 37.0 Å². The largest absolute Gasteiger partial charge is 0.339 e. The van der Waals surface area contributed by atoms with Gasteiger partial charge in [-0.2, -0.15) is 0 Å².